The SMILES string of the molecule is CC1(C(N)=O)CCN(c2cc(Br)ccc2C#N)C1. The molecule has 0 aliphatic carbocycles. The van der Waals surface area contributed by atoms with Gasteiger partial charge in [-0.1, -0.05) is 15.9 Å². The number of halogens is 1. The highest BCUT2D eigenvalue weighted by molar-refractivity contribution is 9.10. The molecule has 0 radical (unpaired) electrons. The largest absolute Gasteiger partial charge is 0.369 e. The number of nitrogens with two attached hydrogens (primary N) is 1. The summed E-state index contributed by atoms with van der Waals surface area (Å²) >= 11 is 3.40. The Bertz CT molecular complexity index is 538. The molecule has 1 unspecified atom stereocenters. The van der Waals surface area contributed by atoms with Crippen LogP contribution in [0.25, 0.3) is 0 Å². The summed E-state index contributed by atoms with van der Waals surface area (Å²) in [6.07, 6.45) is 0.722. The van der Waals surface area contributed by atoms with E-state index >= 15 is 0 Å². The summed E-state index contributed by atoms with van der Waals surface area (Å²) in [6.45, 7) is 3.18. The first-order valence-electron chi connectivity index (χ1n) is 5.71. The fourth-order valence-corrected chi connectivity index (χ4v) is 2.58. The highest BCUT2D eigenvalue weighted by Crippen LogP contribution is 2.35. The molecule has 4 nitrogen and oxygen atoms in total. The number of nitrogens with zero attached hydrogens (tertiary/aromatic N) is 2. The number of primary amides is 1. The Morgan fingerprint density at radius 3 is 2.89 bits per heavy atom. The molecule has 1 aliphatic rings. The molecule has 1 aliphatic heterocycles. The fourth-order valence-electron chi connectivity index (χ4n) is 2.23. The Morgan fingerprint density at radius 1 is 1.61 bits per heavy atom. The Kier molecular flexibility index (Phi) is 3.31. The summed E-state index contributed by atoms with van der Waals surface area (Å²) in [4.78, 5) is 13.5. The molecule has 2 rings (SSSR count). The van der Waals surface area contributed by atoms with Crippen molar-refractivity contribution in [2.75, 3.05) is 18.0 Å². The number of rotatable bonds is 2. The van der Waals surface area contributed by atoms with E-state index in [1.807, 2.05) is 24.0 Å². The maximum atomic E-state index is 11.4. The number of hydrogen-bond donors (Lipinski definition) is 1. The van der Waals surface area contributed by atoms with E-state index in [-0.39, 0.29) is 5.91 Å². The van der Waals surface area contributed by atoms with E-state index < -0.39 is 5.41 Å². The van der Waals surface area contributed by atoms with Crippen LogP contribution in [0.4, 0.5) is 5.69 Å². The van der Waals surface area contributed by atoms with Gasteiger partial charge in [-0.05, 0) is 31.5 Å². The van der Waals surface area contributed by atoms with Crippen molar-refractivity contribution in [2.24, 2.45) is 11.1 Å². The quantitative estimate of drug-likeness (QED) is 0.908. The third kappa shape index (κ3) is 2.21. The molecular formula is C13H14BrN3O. The molecule has 1 atom stereocenters. The lowest BCUT2D eigenvalue weighted by atomic mass is 9.89. The first kappa shape index (κ1) is 12.9. The van der Waals surface area contributed by atoms with Gasteiger partial charge in [0.15, 0.2) is 0 Å². The normalized spacial score (nSPS) is 22.8. The van der Waals surface area contributed by atoms with Crippen LogP contribution in [0, 0.1) is 16.7 Å². The predicted molar refractivity (Wildman–Crippen MR) is 73.0 cm³/mol. The topological polar surface area (TPSA) is 70.1 Å². The van der Waals surface area contributed by atoms with E-state index in [4.69, 9.17) is 11.0 Å². The van der Waals surface area contributed by atoms with Gasteiger partial charge in [0.05, 0.1) is 16.7 Å². The molecule has 5 heteroatoms. The van der Waals surface area contributed by atoms with Crippen LogP contribution in [0.1, 0.15) is 18.9 Å². The molecule has 0 spiro atoms. The summed E-state index contributed by atoms with van der Waals surface area (Å²) in [5.74, 6) is -0.279. The van der Waals surface area contributed by atoms with E-state index in [0.717, 1.165) is 23.1 Å². The number of anilines is 1. The number of carbonyl (C=O) groups excluding carboxylic acids is 1. The van der Waals surface area contributed by atoms with Crippen molar-refractivity contribution in [2.45, 2.75) is 13.3 Å². The molecule has 94 valence electrons. The van der Waals surface area contributed by atoms with Crippen molar-refractivity contribution in [3.05, 3.63) is 28.2 Å². The maximum absolute atomic E-state index is 11.4. The van der Waals surface area contributed by atoms with Gasteiger partial charge in [-0.25, -0.2) is 0 Å². The molecule has 1 fully saturated rings. The minimum atomic E-state index is -0.505. The average molecular weight is 308 g/mol. The third-order valence-corrected chi connectivity index (χ3v) is 3.98. The van der Waals surface area contributed by atoms with E-state index in [0.29, 0.717) is 12.1 Å². The minimum absolute atomic E-state index is 0.279. The van der Waals surface area contributed by atoms with Crippen LogP contribution in [0.15, 0.2) is 22.7 Å². The van der Waals surface area contributed by atoms with Crippen LogP contribution in [-0.2, 0) is 4.79 Å². The van der Waals surface area contributed by atoms with Gasteiger partial charge < -0.3 is 10.6 Å². The Labute approximate surface area is 115 Å². The number of carbonyl (C=O) groups is 1. The van der Waals surface area contributed by atoms with E-state index in [9.17, 15) is 4.79 Å². The Balaban J connectivity index is 2.33. The van der Waals surface area contributed by atoms with Crippen molar-refractivity contribution < 1.29 is 4.79 Å². The van der Waals surface area contributed by atoms with E-state index in [1.165, 1.54) is 0 Å². The van der Waals surface area contributed by atoms with Crippen molar-refractivity contribution in [1.29, 1.82) is 5.26 Å². The first-order chi connectivity index (χ1) is 8.46. The van der Waals surface area contributed by atoms with Crippen LogP contribution < -0.4 is 10.6 Å². The zero-order chi connectivity index (χ0) is 13.3. The zero-order valence-corrected chi connectivity index (χ0v) is 11.7. The number of benzene rings is 1. The predicted octanol–water partition coefficient (Wildman–Crippen LogP) is 2.02. The van der Waals surface area contributed by atoms with Gasteiger partial charge in [0.2, 0.25) is 5.91 Å². The van der Waals surface area contributed by atoms with Gasteiger partial charge in [-0.2, -0.15) is 5.26 Å². The zero-order valence-electron chi connectivity index (χ0n) is 10.1. The smallest absolute Gasteiger partial charge is 0.225 e. The molecule has 0 saturated carbocycles. The van der Waals surface area contributed by atoms with Crippen molar-refractivity contribution >= 4 is 27.5 Å². The second kappa shape index (κ2) is 4.62. The van der Waals surface area contributed by atoms with Gasteiger partial charge >= 0.3 is 0 Å². The summed E-state index contributed by atoms with van der Waals surface area (Å²) in [5, 5.41) is 9.13. The lowest BCUT2D eigenvalue weighted by molar-refractivity contribution is -0.125. The van der Waals surface area contributed by atoms with Crippen LogP contribution in [-0.4, -0.2) is 19.0 Å². The molecular weight excluding hydrogens is 294 g/mol. The van der Waals surface area contributed by atoms with Gasteiger partial charge in [0.25, 0.3) is 0 Å². The van der Waals surface area contributed by atoms with Crippen LogP contribution in [0.5, 0.6) is 0 Å². The molecule has 2 N–H and O–H groups in total. The van der Waals surface area contributed by atoms with Crippen molar-refractivity contribution in [1.82, 2.24) is 0 Å². The third-order valence-electron chi connectivity index (χ3n) is 3.49. The summed E-state index contributed by atoms with van der Waals surface area (Å²) in [7, 11) is 0. The molecule has 1 heterocycles. The maximum Gasteiger partial charge on any atom is 0.225 e. The number of nitriles is 1. The standard InChI is InChI=1S/C13H14BrN3O/c1-13(12(16)18)4-5-17(8-13)11-6-10(14)3-2-9(11)7-15/h2-3,6H,4-5,8H2,1H3,(H2,16,18). The highest BCUT2D eigenvalue weighted by atomic mass is 79.9. The summed E-state index contributed by atoms with van der Waals surface area (Å²) in [6, 6.07) is 7.70. The van der Waals surface area contributed by atoms with Gasteiger partial charge in [0.1, 0.15) is 6.07 Å². The molecule has 18 heavy (non-hydrogen) atoms. The van der Waals surface area contributed by atoms with E-state index in [2.05, 4.69) is 22.0 Å². The second-order valence-corrected chi connectivity index (χ2v) is 5.79. The van der Waals surface area contributed by atoms with Crippen LogP contribution in [0.2, 0.25) is 0 Å². The number of hydrogen-bond acceptors (Lipinski definition) is 3. The van der Waals surface area contributed by atoms with Crippen LogP contribution in [0.3, 0.4) is 0 Å². The van der Waals surface area contributed by atoms with Crippen molar-refractivity contribution in [3.8, 4) is 6.07 Å². The number of amides is 1. The monoisotopic (exact) mass is 307 g/mol. The van der Waals surface area contributed by atoms with E-state index in [1.54, 1.807) is 6.07 Å². The molecule has 1 saturated heterocycles. The average Bonchev–Trinajstić information content (AvgIpc) is 2.73. The Morgan fingerprint density at radius 2 is 2.33 bits per heavy atom. The summed E-state index contributed by atoms with van der Waals surface area (Å²) < 4.78 is 0.921. The lowest BCUT2D eigenvalue weighted by Gasteiger charge is -2.23. The summed E-state index contributed by atoms with van der Waals surface area (Å²) in [5.41, 5.74) is 6.40. The highest BCUT2D eigenvalue weighted by Gasteiger charge is 2.39. The van der Waals surface area contributed by atoms with Gasteiger partial charge in [-0.3, -0.25) is 4.79 Å². The van der Waals surface area contributed by atoms with Crippen LogP contribution >= 0.6 is 15.9 Å². The molecule has 1 aromatic rings. The second-order valence-electron chi connectivity index (χ2n) is 4.87. The Hall–Kier alpha value is -1.54. The van der Waals surface area contributed by atoms with Gasteiger partial charge in [0, 0.05) is 17.6 Å². The molecule has 1 aromatic carbocycles. The molecule has 1 amide bonds. The molecule has 0 bridgehead atoms. The fraction of sp³-hybridized carbons (Fsp3) is 0.385. The minimum Gasteiger partial charge on any atom is -0.369 e. The van der Waals surface area contributed by atoms with Crippen molar-refractivity contribution in [3.63, 3.8) is 0 Å². The first-order valence-corrected chi connectivity index (χ1v) is 6.50. The van der Waals surface area contributed by atoms with Gasteiger partial charge in [-0.15, -0.1) is 0 Å². The molecule has 0 aromatic heterocycles. The lowest BCUT2D eigenvalue weighted by Crippen LogP contribution is -2.37.